The van der Waals surface area contributed by atoms with E-state index in [4.69, 9.17) is 11.6 Å². The Kier molecular flexibility index (Phi) is 4.68. The maximum absolute atomic E-state index is 6.24. The molecule has 1 heterocycles. The van der Waals surface area contributed by atoms with Crippen LogP contribution in [-0.4, -0.2) is 15.8 Å². The van der Waals surface area contributed by atoms with Gasteiger partial charge in [-0.25, -0.2) is 0 Å². The Morgan fingerprint density at radius 2 is 2.06 bits per heavy atom. The molecule has 1 N–H and O–H groups in total. The van der Waals surface area contributed by atoms with Crippen LogP contribution < -0.4 is 5.32 Å². The van der Waals surface area contributed by atoms with E-state index < -0.39 is 0 Å². The molecule has 102 valence electrons. The van der Waals surface area contributed by atoms with Crippen molar-refractivity contribution in [3.05, 3.63) is 16.4 Å². The van der Waals surface area contributed by atoms with Gasteiger partial charge in [0.25, 0.3) is 0 Å². The molecule has 1 atom stereocenters. The minimum Gasteiger partial charge on any atom is -0.310 e. The van der Waals surface area contributed by atoms with Gasteiger partial charge in [-0.1, -0.05) is 30.9 Å². The first kappa shape index (κ1) is 13.9. The number of rotatable bonds is 4. The molecule has 0 unspecified atom stereocenters. The van der Waals surface area contributed by atoms with E-state index in [1.165, 1.54) is 32.1 Å². The van der Waals surface area contributed by atoms with E-state index in [-0.39, 0.29) is 0 Å². The van der Waals surface area contributed by atoms with Gasteiger partial charge in [-0.3, -0.25) is 4.68 Å². The average Bonchev–Trinajstić information content (AvgIpc) is 2.62. The molecule has 4 heteroatoms. The molecular formula is C14H24ClN3. The van der Waals surface area contributed by atoms with Gasteiger partial charge in [-0.2, -0.15) is 5.10 Å². The Bertz CT molecular complexity index is 394. The summed E-state index contributed by atoms with van der Waals surface area (Å²) in [6, 6.07) is 0.570. The largest absolute Gasteiger partial charge is 0.310 e. The third-order valence-corrected chi connectivity index (χ3v) is 4.70. The van der Waals surface area contributed by atoms with Crippen molar-refractivity contribution in [3.8, 4) is 0 Å². The van der Waals surface area contributed by atoms with Crippen LogP contribution in [0, 0.1) is 12.8 Å². The van der Waals surface area contributed by atoms with Crippen LogP contribution in [-0.2, 0) is 13.6 Å². The van der Waals surface area contributed by atoms with Crippen LogP contribution in [0.2, 0.25) is 5.15 Å². The quantitative estimate of drug-likeness (QED) is 0.907. The fourth-order valence-electron chi connectivity index (χ4n) is 2.94. The predicted octanol–water partition coefficient (Wildman–Crippen LogP) is 3.44. The number of nitrogens with zero attached hydrogens (tertiary/aromatic N) is 2. The Hall–Kier alpha value is -0.540. The van der Waals surface area contributed by atoms with Gasteiger partial charge in [0.2, 0.25) is 0 Å². The molecule has 18 heavy (non-hydrogen) atoms. The van der Waals surface area contributed by atoms with Crippen LogP contribution in [0.25, 0.3) is 0 Å². The summed E-state index contributed by atoms with van der Waals surface area (Å²) in [5, 5.41) is 8.73. The average molecular weight is 270 g/mol. The van der Waals surface area contributed by atoms with Crippen LogP contribution in [0.1, 0.15) is 50.3 Å². The highest BCUT2D eigenvalue weighted by Crippen LogP contribution is 2.27. The van der Waals surface area contributed by atoms with E-state index in [0.717, 1.165) is 28.9 Å². The van der Waals surface area contributed by atoms with Gasteiger partial charge < -0.3 is 5.32 Å². The van der Waals surface area contributed by atoms with Crippen LogP contribution in [0.3, 0.4) is 0 Å². The van der Waals surface area contributed by atoms with E-state index in [0.29, 0.717) is 6.04 Å². The molecule has 3 nitrogen and oxygen atoms in total. The lowest BCUT2D eigenvalue weighted by Crippen LogP contribution is -2.34. The molecule has 0 amide bonds. The van der Waals surface area contributed by atoms with Crippen molar-refractivity contribution in [1.82, 2.24) is 15.1 Å². The molecule has 0 aliphatic heterocycles. The van der Waals surface area contributed by atoms with Crippen molar-refractivity contribution in [3.63, 3.8) is 0 Å². The highest BCUT2D eigenvalue weighted by Gasteiger charge is 2.20. The van der Waals surface area contributed by atoms with Gasteiger partial charge in [-0.15, -0.1) is 0 Å². The van der Waals surface area contributed by atoms with Gasteiger partial charge in [0, 0.05) is 25.2 Å². The number of aromatic nitrogens is 2. The molecule has 1 aromatic rings. The van der Waals surface area contributed by atoms with E-state index in [1.807, 2.05) is 14.0 Å². The lowest BCUT2D eigenvalue weighted by Gasteiger charge is -2.28. The molecule has 1 saturated carbocycles. The SMILES string of the molecule is Cc1nn(C)c(Cl)c1CN[C@H](C)C1CCCCC1. The van der Waals surface area contributed by atoms with Crippen molar-refractivity contribution in [1.29, 1.82) is 0 Å². The summed E-state index contributed by atoms with van der Waals surface area (Å²) in [6.07, 6.45) is 6.94. The zero-order valence-electron chi connectivity index (χ0n) is 11.7. The summed E-state index contributed by atoms with van der Waals surface area (Å²) in [4.78, 5) is 0. The van der Waals surface area contributed by atoms with Crippen LogP contribution in [0.15, 0.2) is 0 Å². The first-order valence-electron chi connectivity index (χ1n) is 7.01. The molecule has 1 aromatic heterocycles. The molecule has 0 radical (unpaired) electrons. The fourth-order valence-corrected chi connectivity index (χ4v) is 3.18. The third-order valence-electron chi connectivity index (χ3n) is 4.23. The summed E-state index contributed by atoms with van der Waals surface area (Å²) in [5.41, 5.74) is 2.17. The third kappa shape index (κ3) is 3.07. The van der Waals surface area contributed by atoms with E-state index >= 15 is 0 Å². The Labute approximate surface area is 115 Å². The molecular weight excluding hydrogens is 246 g/mol. The molecule has 1 aliphatic carbocycles. The second kappa shape index (κ2) is 6.07. The van der Waals surface area contributed by atoms with Gasteiger partial charge >= 0.3 is 0 Å². The number of hydrogen-bond acceptors (Lipinski definition) is 2. The van der Waals surface area contributed by atoms with Crippen LogP contribution in [0.5, 0.6) is 0 Å². The Morgan fingerprint density at radius 1 is 1.39 bits per heavy atom. The summed E-state index contributed by atoms with van der Waals surface area (Å²) in [7, 11) is 1.89. The fraction of sp³-hybridized carbons (Fsp3) is 0.786. The molecule has 0 aromatic carbocycles. The van der Waals surface area contributed by atoms with E-state index in [2.05, 4.69) is 17.3 Å². The molecule has 1 aliphatic rings. The summed E-state index contributed by atoms with van der Waals surface area (Å²) < 4.78 is 1.75. The summed E-state index contributed by atoms with van der Waals surface area (Å²) >= 11 is 6.24. The topological polar surface area (TPSA) is 29.9 Å². The highest BCUT2D eigenvalue weighted by molar-refractivity contribution is 6.30. The minimum absolute atomic E-state index is 0.570. The normalized spacial score (nSPS) is 19.1. The molecule has 1 fully saturated rings. The lowest BCUT2D eigenvalue weighted by molar-refractivity contribution is 0.280. The standard InChI is InChI=1S/C14H24ClN3/c1-10(12-7-5-4-6-8-12)16-9-13-11(2)17-18(3)14(13)15/h10,12,16H,4-9H2,1-3H3/t10-/m1/s1. The van der Waals surface area contributed by atoms with Gasteiger partial charge in [0.15, 0.2) is 0 Å². The second-order valence-electron chi connectivity index (χ2n) is 5.55. The number of aryl methyl sites for hydroxylation is 2. The maximum atomic E-state index is 6.24. The zero-order chi connectivity index (χ0) is 13.1. The Morgan fingerprint density at radius 3 is 2.61 bits per heavy atom. The van der Waals surface area contributed by atoms with Crippen molar-refractivity contribution < 1.29 is 0 Å². The number of hydrogen-bond donors (Lipinski definition) is 1. The summed E-state index contributed by atoms with van der Waals surface area (Å²) in [5.74, 6) is 0.828. The second-order valence-corrected chi connectivity index (χ2v) is 5.90. The van der Waals surface area contributed by atoms with Crippen molar-refractivity contribution >= 4 is 11.6 Å². The Balaban J connectivity index is 1.90. The highest BCUT2D eigenvalue weighted by atomic mass is 35.5. The smallest absolute Gasteiger partial charge is 0.131 e. The summed E-state index contributed by atoms with van der Waals surface area (Å²) in [6.45, 7) is 5.15. The minimum atomic E-state index is 0.570. The van der Waals surface area contributed by atoms with Crippen molar-refractivity contribution in [2.75, 3.05) is 0 Å². The van der Waals surface area contributed by atoms with Gasteiger partial charge in [0.05, 0.1) is 5.69 Å². The molecule has 0 spiro atoms. The number of halogens is 1. The van der Waals surface area contributed by atoms with Crippen molar-refractivity contribution in [2.45, 2.75) is 58.5 Å². The molecule has 0 bridgehead atoms. The van der Waals surface area contributed by atoms with E-state index in [9.17, 15) is 0 Å². The zero-order valence-corrected chi connectivity index (χ0v) is 12.4. The van der Waals surface area contributed by atoms with Gasteiger partial charge in [-0.05, 0) is 32.6 Å². The van der Waals surface area contributed by atoms with Crippen LogP contribution in [0.4, 0.5) is 0 Å². The maximum Gasteiger partial charge on any atom is 0.131 e. The van der Waals surface area contributed by atoms with Crippen molar-refractivity contribution in [2.24, 2.45) is 13.0 Å². The van der Waals surface area contributed by atoms with E-state index in [1.54, 1.807) is 4.68 Å². The lowest BCUT2D eigenvalue weighted by atomic mass is 9.84. The van der Waals surface area contributed by atoms with Gasteiger partial charge in [0.1, 0.15) is 5.15 Å². The first-order chi connectivity index (χ1) is 8.59. The number of nitrogens with one attached hydrogen (secondary N) is 1. The monoisotopic (exact) mass is 269 g/mol. The first-order valence-corrected chi connectivity index (χ1v) is 7.38. The van der Waals surface area contributed by atoms with Crippen LogP contribution >= 0.6 is 11.6 Å². The molecule has 0 saturated heterocycles. The molecule has 2 rings (SSSR count). The predicted molar refractivity (Wildman–Crippen MR) is 75.8 cm³/mol.